The zero-order valence-electron chi connectivity index (χ0n) is 16.2. The molecule has 1 atom stereocenters. The van der Waals surface area contributed by atoms with Gasteiger partial charge in [-0.25, -0.2) is 13.4 Å². The first-order valence-corrected chi connectivity index (χ1v) is 11.6. The maximum Gasteiger partial charge on any atom is 0.243 e. The number of rotatable bonds is 7. The van der Waals surface area contributed by atoms with Crippen molar-refractivity contribution in [3.8, 4) is 0 Å². The molecule has 0 saturated carbocycles. The van der Waals surface area contributed by atoms with Crippen LogP contribution in [0.4, 0.5) is 5.69 Å². The molecule has 0 aliphatic carbocycles. The lowest BCUT2D eigenvalue weighted by Crippen LogP contribution is -2.27. The van der Waals surface area contributed by atoms with Crippen molar-refractivity contribution in [2.45, 2.75) is 54.8 Å². The summed E-state index contributed by atoms with van der Waals surface area (Å²) in [4.78, 5) is 17.0. The Bertz CT molecular complexity index is 919. The number of aromatic amines is 1. The number of hydrogen-bond donors (Lipinski definition) is 2. The van der Waals surface area contributed by atoms with Gasteiger partial charge in [0.15, 0.2) is 0 Å². The van der Waals surface area contributed by atoms with E-state index in [4.69, 9.17) is 0 Å². The van der Waals surface area contributed by atoms with Crippen LogP contribution in [-0.2, 0) is 14.8 Å². The van der Waals surface area contributed by atoms with Gasteiger partial charge in [-0.05, 0) is 44.0 Å². The second-order valence-corrected chi connectivity index (χ2v) is 10.3. The van der Waals surface area contributed by atoms with Gasteiger partial charge in [-0.2, -0.15) is 4.31 Å². The van der Waals surface area contributed by atoms with Crippen molar-refractivity contribution in [2.75, 3.05) is 18.4 Å². The van der Waals surface area contributed by atoms with Crippen LogP contribution >= 0.6 is 11.8 Å². The van der Waals surface area contributed by atoms with E-state index in [9.17, 15) is 13.2 Å². The van der Waals surface area contributed by atoms with Crippen molar-refractivity contribution >= 4 is 33.4 Å². The molecule has 2 aromatic rings. The minimum Gasteiger partial charge on any atom is -0.325 e. The summed E-state index contributed by atoms with van der Waals surface area (Å²) >= 11 is 1.27. The van der Waals surface area contributed by atoms with Crippen LogP contribution in [0.1, 0.15) is 45.4 Å². The van der Waals surface area contributed by atoms with Crippen LogP contribution in [0.15, 0.2) is 34.3 Å². The SMILES string of the molecule is CC(Sc1n[nH]c(C(C)C)n1)C(=O)Nc1ccc(S(=O)(=O)N2CCCC2)cc1. The molecule has 1 aromatic heterocycles. The number of amides is 1. The Kier molecular flexibility index (Phi) is 6.41. The molecular weight excluding hydrogens is 398 g/mol. The van der Waals surface area contributed by atoms with Gasteiger partial charge in [0.05, 0.1) is 10.1 Å². The first kappa shape index (κ1) is 20.8. The highest BCUT2D eigenvalue weighted by molar-refractivity contribution is 8.00. The minimum absolute atomic E-state index is 0.198. The smallest absolute Gasteiger partial charge is 0.243 e. The molecule has 1 fully saturated rings. The minimum atomic E-state index is -3.45. The van der Waals surface area contributed by atoms with E-state index in [0.717, 1.165) is 18.7 Å². The molecule has 0 spiro atoms. The molecule has 28 heavy (non-hydrogen) atoms. The molecule has 0 bridgehead atoms. The number of benzene rings is 1. The first-order valence-electron chi connectivity index (χ1n) is 9.27. The lowest BCUT2D eigenvalue weighted by atomic mass is 10.2. The summed E-state index contributed by atoms with van der Waals surface area (Å²) in [6.07, 6.45) is 1.79. The second kappa shape index (κ2) is 8.62. The molecule has 1 aromatic carbocycles. The number of thioether (sulfide) groups is 1. The number of H-pyrrole nitrogens is 1. The van der Waals surface area contributed by atoms with Crippen LogP contribution in [0, 0.1) is 0 Å². The second-order valence-electron chi connectivity index (χ2n) is 7.04. The predicted octanol–water partition coefficient (Wildman–Crippen LogP) is 2.83. The Morgan fingerprint density at radius 1 is 1.18 bits per heavy atom. The molecule has 2 N–H and O–H groups in total. The zero-order chi connectivity index (χ0) is 20.3. The van der Waals surface area contributed by atoms with Crippen molar-refractivity contribution in [3.05, 3.63) is 30.1 Å². The fraction of sp³-hybridized carbons (Fsp3) is 0.500. The third-order valence-electron chi connectivity index (χ3n) is 4.51. The Morgan fingerprint density at radius 3 is 2.39 bits per heavy atom. The molecule has 10 heteroatoms. The summed E-state index contributed by atoms with van der Waals surface area (Å²) in [6.45, 7) is 6.93. The standard InChI is InChI=1S/C18H25N5O3S2/c1-12(2)16-20-18(22-21-16)27-13(3)17(24)19-14-6-8-15(9-7-14)28(25,26)23-10-4-5-11-23/h6-9,12-13H,4-5,10-11H2,1-3H3,(H,19,24)(H,20,21,22). The van der Waals surface area contributed by atoms with Gasteiger partial charge in [-0.3, -0.25) is 9.89 Å². The third kappa shape index (κ3) is 4.73. The van der Waals surface area contributed by atoms with Gasteiger partial charge in [0.1, 0.15) is 5.82 Å². The quantitative estimate of drug-likeness (QED) is 0.663. The summed E-state index contributed by atoms with van der Waals surface area (Å²) in [5.74, 6) is 0.822. The Hall–Kier alpha value is -1.91. The van der Waals surface area contributed by atoms with Crippen LogP contribution in [-0.4, -0.2) is 52.2 Å². The van der Waals surface area contributed by atoms with Crippen LogP contribution in [0.2, 0.25) is 0 Å². The summed E-state index contributed by atoms with van der Waals surface area (Å²) in [6, 6.07) is 6.29. The average Bonchev–Trinajstić information content (AvgIpc) is 3.34. The molecule has 1 unspecified atom stereocenters. The van der Waals surface area contributed by atoms with Crippen LogP contribution in [0.25, 0.3) is 0 Å². The summed E-state index contributed by atoms with van der Waals surface area (Å²) < 4.78 is 26.6. The highest BCUT2D eigenvalue weighted by Gasteiger charge is 2.27. The van der Waals surface area contributed by atoms with Gasteiger partial charge >= 0.3 is 0 Å². The van der Waals surface area contributed by atoms with Crippen LogP contribution in [0.5, 0.6) is 0 Å². The highest BCUT2D eigenvalue weighted by atomic mass is 32.2. The van der Waals surface area contributed by atoms with Gasteiger partial charge in [0.25, 0.3) is 0 Å². The molecule has 152 valence electrons. The summed E-state index contributed by atoms with van der Waals surface area (Å²) in [5.41, 5.74) is 0.552. The molecule has 3 rings (SSSR count). The van der Waals surface area contributed by atoms with Gasteiger partial charge in [-0.15, -0.1) is 5.10 Å². The van der Waals surface area contributed by atoms with Gasteiger partial charge in [0.2, 0.25) is 21.1 Å². The number of hydrogen-bond acceptors (Lipinski definition) is 6. The Morgan fingerprint density at radius 2 is 1.82 bits per heavy atom. The zero-order valence-corrected chi connectivity index (χ0v) is 17.8. The van der Waals surface area contributed by atoms with E-state index >= 15 is 0 Å². The fourth-order valence-electron chi connectivity index (χ4n) is 2.81. The maximum atomic E-state index is 12.5. The monoisotopic (exact) mass is 423 g/mol. The lowest BCUT2D eigenvalue weighted by Gasteiger charge is -2.16. The van der Waals surface area contributed by atoms with E-state index < -0.39 is 15.3 Å². The summed E-state index contributed by atoms with van der Waals surface area (Å²) in [5, 5.41) is 9.92. The molecule has 0 radical (unpaired) electrons. The maximum absolute atomic E-state index is 12.5. The fourth-order valence-corrected chi connectivity index (χ4v) is 5.06. The number of carbonyl (C=O) groups is 1. The predicted molar refractivity (Wildman–Crippen MR) is 109 cm³/mol. The Balaban J connectivity index is 1.60. The topological polar surface area (TPSA) is 108 Å². The number of sulfonamides is 1. The number of nitrogens with one attached hydrogen (secondary N) is 2. The Labute approximate surface area is 169 Å². The van der Waals surface area contributed by atoms with E-state index in [1.54, 1.807) is 19.1 Å². The van der Waals surface area contributed by atoms with Gasteiger partial charge < -0.3 is 5.32 Å². The van der Waals surface area contributed by atoms with E-state index in [0.29, 0.717) is 23.9 Å². The third-order valence-corrected chi connectivity index (χ3v) is 7.38. The number of aromatic nitrogens is 3. The first-order chi connectivity index (χ1) is 13.3. The largest absolute Gasteiger partial charge is 0.325 e. The highest BCUT2D eigenvalue weighted by Crippen LogP contribution is 2.24. The van der Waals surface area contributed by atoms with Gasteiger partial charge in [0, 0.05) is 24.7 Å². The number of anilines is 1. The van der Waals surface area contributed by atoms with E-state index in [1.165, 1.54) is 28.2 Å². The van der Waals surface area contributed by atoms with Crippen molar-refractivity contribution in [3.63, 3.8) is 0 Å². The van der Waals surface area contributed by atoms with Crippen molar-refractivity contribution in [2.24, 2.45) is 0 Å². The number of nitrogens with zero attached hydrogens (tertiary/aromatic N) is 3. The molecule has 2 heterocycles. The molecule has 1 amide bonds. The average molecular weight is 424 g/mol. The molecule has 1 saturated heterocycles. The summed E-state index contributed by atoms with van der Waals surface area (Å²) in [7, 11) is -3.45. The van der Waals surface area contributed by atoms with Gasteiger partial charge in [-0.1, -0.05) is 25.6 Å². The van der Waals surface area contributed by atoms with Crippen LogP contribution < -0.4 is 5.32 Å². The van der Waals surface area contributed by atoms with Crippen molar-refractivity contribution in [1.82, 2.24) is 19.5 Å². The van der Waals surface area contributed by atoms with Crippen LogP contribution in [0.3, 0.4) is 0 Å². The molecule has 8 nitrogen and oxygen atoms in total. The molecule has 1 aliphatic rings. The van der Waals surface area contributed by atoms with E-state index in [1.807, 2.05) is 13.8 Å². The lowest BCUT2D eigenvalue weighted by molar-refractivity contribution is -0.115. The molecule has 1 aliphatic heterocycles. The van der Waals surface area contributed by atoms with Crippen molar-refractivity contribution in [1.29, 1.82) is 0 Å². The molecular formula is C18H25N5O3S2. The number of carbonyl (C=O) groups excluding carboxylic acids is 1. The van der Waals surface area contributed by atoms with Crippen molar-refractivity contribution < 1.29 is 13.2 Å². The van der Waals surface area contributed by atoms with E-state index in [-0.39, 0.29) is 16.7 Å². The normalized spacial score (nSPS) is 16.4. The van der Waals surface area contributed by atoms with E-state index in [2.05, 4.69) is 20.5 Å².